The molecule has 1 aromatic carbocycles. The van der Waals surface area contributed by atoms with Gasteiger partial charge in [0, 0.05) is 11.9 Å². The molecule has 0 amide bonds. The number of rotatable bonds is 3. The molecular formula is C13H10ClN3O2S. The maximum absolute atomic E-state index is 12.3. The van der Waals surface area contributed by atoms with Crippen LogP contribution in [0.1, 0.15) is 11.3 Å². The molecule has 0 saturated heterocycles. The van der Waals surface area contributed by atoms with Crippen LogP contribution in [-0.2, 0) is 15.6 Å². The van der Waals surface area contributed by atoms with E-state index in [1.54, 1.807) is 6.07 Å². The summed E-state index contributed by atoms with van der Waals surface area (Å²) >= 11 is 5.91. The van der Waals surface area contributed by atoms with E-state index < -0.39 is 9.84 Å². The van der Waals surface area contributed by atoms with E-state index in [-0.39, 0.29) is 21.4 Å². The highest BCUT2D eigenvalue weighted by atomic mass is 35.5. The first-order chi connectivity index (χ1) is 9.42. The Bertz CT molecular complexity index is 798. The average Bonchev–Trinajstić information content (AvgIpc) is 2.41. The second-order valence-electron chi connectivity index (χ2n) is 4.11. The normalized spacial score (nSPS) is 11.0. The van der Waals surface area contributed by atoms with Gasteiger partial charge in [-0.3, -0.25) is 0 Å². The monoisotopic (exact) mass is 307 g/mol. The van der Waals surface area contributed by atoms with Gasteiger partial charge in [-0.05, 0) is 35.9 Å². The lowest BCUT2D eigenvalue weighted by atomic mass is 10.2. The molecule has 0 aliphatic rings. The summed E-state index contributed by atoms with van der Waals surface area (Å²) in [5, 5.41) is 8.88. The summed E-state index contributed by atoms with van der Waals surface area (Å²) in [5.41, 5.74) is 6.54. The van der Waals surface area contributed by atoms with Crippen molar-refractivity contribution in [1.82, 2.24) is 4.98 Å². The van der Waals surface area contributed by atoms with Crippen molar-refractivity contribution in [1.29, 1.82) is 5.26 Å². The molecule has 1 aromatic heterocycles. The molecule has 0 unspecified atom stereocenters. The van der Waals surface area contributed by atoms with Gasteiger partial charge >= 0.3 is 0 Å². The summed E-state index contributed by atoms with van der Waals surface area (Å²) in [5.74, 6) is -0.270. The Kier molecular flexibility index (Phi) is 3.93. The van der Waals surface area contributed by atoms with Gasteiger partial charge in [-0.2, -0.15) is 5.26 Å². The number of nitrogens with zero attached hydrogens (tertiary/aromatic N) is 2. The fraction of sp³-hybridized carbons (Fsp3) is 0.0769. The molecular weight excluding hydrogens is 298 g/mol. The molecule has 102 valence electrons. The molecule has 2 aromatic rings. The fourth-order valence-corrected chi connectivity index (χ4v) is 3.61. The van der Waals surface area contributed by atoms with E-state index >= 15 is 0 Å². The number of nitrogen functional groups attached to an aromatic ring is 1. The van der Waals surface area contributed by atoms with Crippen LogP contribution in [0.2, 0.25) is 5.02 Å². The summed E-state index contributed by atoms with van der Waals surface area (Å²) < 4.78 is 24.7. The van der Waals surface area contributed by atoms with Crippen LogP contribution >= 0.6 is 11.6 Å². The lowest BCUT2D eigenvalue weighted by molar-refractivity contribution is 0.595. The van der Waals surface area contributed by atoms with Crippen LogP contribution in [0, 0.1) is 11.3 Å². The van der Waals surface area contributed by atoms with Gasteiger partial charge in [0.25, 0.3) is 0 Å². The first-order valence-electron chi connectivity index (χ1n) is 5.55. The molecule has 2 rings (SSSR count). The van der Waals surface area contributed by atoms with Crippen molar-refractivity contribution in [2.75, 3.05) is 5.73 Å². The number of hydrogen-bond acceptors (Lipinski definition) is 5. The minimum absolute atomic E-state index is 0.0190. The first kappa shape index (κ1) is 14.3. The number of hydrogen-bond donors (Lipinski definition) is 1. The van der Waals surface area contributed by atoms with Crippen molar-refractivity contribution in [2.24, 2.45) is 0 Å². The van der Waals surface area contributed by atoms with Crippen LogP contribution in [0.4, 0.5) is 5.69 Å². The maximum atomic E-state index is 12.3. The Morgan fingerprint density at radius 1 is 1.30 bits per heavy atom. The summed E-state index contributed by atoms with van der Waals surface area (Å²) in [6.07, 6.45) is 1.39. The molecule has 0 aliphatic carbocycles. The molecule has 0 radical (unpaired) electrons. The van der Waals surface area contributed by atoms with Crippen LogP contribution in [-0.4, -0.2) is 13.4 Å². The number of pyridine rings is 1. The quantitative estimate of drug-likeness (QED) is 0.876. The van der Waals surface area contributed by atoms with Crippen molar-refractivity contribution < 1.29 is 8.42 Å². The molecule has 2 N–H and O–H groups in total. The molecule has 1 heterocycles. The fourth-order valence-electron chi connectivity index (χ4n) is 1.68. The molecule has 7 heteroatoms. The number of nitriles is 1. The number of halogens is 1. The predicted octanol–water partition coefficient (Wildman–Crippen LogP) is 2.16. The minimum atomic E-state index is -3.64. The van der Waals surface area contributed by atoms with Crippen LogP contribution in [0.5, 0.6) is 0 Å². The van der Waals surface area contributed by atoms with Gasteiger partial charge in [0.2, 0.25) is 0 Å². The van der Waals surface area contributed by atoms with Crippen LogP contribution in [0.25, 0.3) is 0 Å². The highest BCUT2D eigenvalue weighted by molar-refractivity contribution is 7.90. The van der Waals surface area contributed by atoms with Crippen LogP contribution in [0.3, 0.4) is 0 Å². The third-order valence-corrected chi connectivity index (χ3v) is 4.75. The number of aromatic nitrogens is 1. The molecule has 0 aliphatic heterocycles. The Balaban J connectivity index is 2.41. The molecule has 0 spiro atoms. The Morgan fingerprint density at radius 3 is 2.75 bits per heavy atom. The van der Waals surface area contributed by atoms with E-state index in [4.69, 9.17) is 22.6 Å². The van der Waals surface area contributed by atoms with Gasteiger partial charge in [0.15, 0.2) is 9.84 Å². The zero-order chi connectivity index (χ0) is 14.8. The molecule has 0 fully saturated rings. The smallest absolute Gasteiger partial charge is 0.184 e. The van der Waals surface area contributed by atoms with Gasteiger partial charge in [0.05, 0.1) is 15.7 Å². The second-order valence-corrected chi connectivity index (χ2v) is 6.48. The standard InChI is InChI=1S/C13H10ClN3O2S/c14-12-2-1-10(16)6-13(12)20(18,19)8-9-3-4-17-11(5-9)7-15/h1-6H,8,16H2. The molecule has 20 heavy (non-hydrogen) atoms. The number of anilines is 1. The van der Waals surface area contributed by atoms with Crippen molar-refractivity contribution in [2.45, 2.75) is 10.6 Å². The predicted molar refractivity (Wildman–Crippen MR) is 75.7 cm³/mol. The summed E-state index contributed by atoms with van der Waals surface area (Å²) in [4.78, 5) is 3.77. The summed E-state index contributed by atoms with van der Waals surface area (Å²) in [6, 6.07) is 9.12. The van der Waals surface area contributed by atoms with Crippen molar-refractivity contribution >= 4 is 27.1 Å². The van der Waals surface area contributed by atoms with Crippen LogP contribution in [0.15, 0.2) is 41.4 Å². The molecule has 0 atom stereocenters. The van der Waals surface area contributed by atoms with Crippen LogP contribution < -0.4 is 5.73 Å². The van der Waals surface area contributed by atoms with Gasteiger partial charge in [-0.15, -0.1) is 0 Å². The van der Waals surface area contributed by atoms with E-state index in [1.165, 1.54) is 30.5 Å². The third-order valence-electron chi connectivity index (χ3n) is 2.59. The van der Waals surface area contributed by atoms with E-state index in [2.05, 4.69) is 4.98 Å². The molecule has 0 bridgehead atoms. The largest absolute Gasteiger partial charge is 0.399 e. The lowest BCUT2D eigenvalue weighted by Gasteiger charge is -2.07. The van der Waals surface area contributed by atoms with Gasteiger partial charge in [-0.1, -0.05) is 11.6 Å². The van der Waals surface area contributed by atoms with Crippen molar-refractivity contribution in [3.8, 4) is 6.07 Å². The van der Waals surface area contributed by atoms with E-state index in [1.807, 2.05) is 6.07 Å². The van der Waals surface area contributed by atoms with E-state index in [0.29, 0.717) is 11.3 Å². The topological polar surface area (TPSA) is 96.8 Å². The molecule has 0 saturated carbocycles. The summed E-state index contributed by atoms with van der Waals surface area (Å²) in [6.45, 7) is 0. The first-order valence-corrected chi connectivity index (χ1v) is 7.58. The Hall–Kier alpha value is -2.10. The van der Waals surface area contributed by atoms with Gasteiger partial charge in [-0.25, -0.2) is 13.4 Å². The number of benzene rings is 1. The molecule has 5 nitrogen and oxygen atoms in total. The number of sulfone groups is 1. The maximum Gasteiger partial charge on any atom is 0.184 e. The third kappa shape index (κ3) is 3.07. The SMILES string of the molecule is N#Cc1cc(CS(=O)(=O)c2cc(N)ccc2Cl)ccn1. The van der Waals surface area contributed by atoms with E-state index in [9.17, 15) is 8.42 Å². The zero-order valence-electron chi connectivity index (χ0n) is 10.2. The van der Waals surface area contributed by atoms with Gasteiger partial charge < -0.3 is 5.73 Å². The average molecular weight is 308 g/mol. The highest BCUT2D eigenvalue weighted by Crippen LogP contribution is 2.26. The number of nitrogens with two attached hydrogens (primary N) is 1. The minimum Gasteiger partial charge on any atom is -0.399 e. The van der Waals surface area contributed by atoms with E-state index in [0.717, 1.165) is 0 Å². The summed E-state index contributed by atoms with van der Waals surface area (Å²) in [7, 11) is -3.64. The zero-order valence-corrected chi connectivity index (χ0v) is 11.8. The Labute approximate surface area is 121 Å². The van der Waals surface area contributed by atoms with Crippen molar-refractivity contribution in [3.63, 3.8) is 0 Å². The van der Waals surface area contributed by atoms with Crippen molar-refractivity contribution in [3.05, 3.63) is 52.8 Å². The highest BCUT2D eigenvalue weighted by Gasteiger charge is 2.19. The second kappa shape index (κ2) is 5.49. The Morgan fingerprint density at radius 2 is 2.05 bits per heavy atom. The lowest BCUT2D eigenvalue weighted by Crippen LogP contribution is -2.07. The van der Waals surface area contributed by atoms with Gasteiger partial charge in [0.1, 0.15) is 11.8 Å².